The summed E-state index contributed by atoms with van der Waals surface area (Å²) < 4.78 is 22.4. The van der Waals surface area contributed by atoms with Gasteiger partial charge in [-0.3, -0.25) is 0 Å². The molecule has 0 aromatic carbocycles. The van der Waals surface area contributed by atoms with E-state index in [0.717, 1.165) is 24.1 Å². The quantitative estimate of drug-likeness (QED) is 0.888. The van der Waals surface area contributed by atoms with Gasteiger partial charge in [0, 0.05) is 18.1 Å². The van der Waals surface area contributed by atoms with Gasteiger partial charge in [-0.2, -0.15) is 11.8 Å². The fraction of sp³-hybridized carbons (Fsp3) is 0.500. The van der Waals surface area contributed by atoms with Crippen LogP contribution in [0.1, 0.15) is 6.42 Å². The average molecular weight is 258 g/mol. The molecule has 1 aromatic heterocycles. The predicted octanol–water partition coefficient (Wildman–Crippen LogP) is 1.40. The zero-order valence-electron chi connectivity index (χ0n) is 9.01. The van der Waals surface area contributed by atoms with Gasteiger partial charge in [-0.15, -0.1) is 0 Å². The number of hydrogen-bond donors (Lipinski definition) is 1. The van der Waals surface area contributed by atoms with Gasteiger partial charge in [-0.1, -0.05) is 0 Å². The molecular formula is C10H14N2O2S2. The van der Waals surface area contributed by atoms with E-state index in [-0.39, 0.29) is 5.03 Å². The van der Waals surface area contributed by atoms with Crippen LogP contribution in [0.5, 0.6) is 0 Å². The molecule has 6 heteroatoms. The molecule has 1 N–H and O–H groups in total. The Balaban J connectivity index is 2.07. The molecule has 1 aliphatic heterocycles. The van der Waals surface area contributed by atoms with E-state index in [2.05, 4.69) is 10.3 Å². The molecule has 2 heterocycles. The second-order valence-electron chi connectivity index (χ2n) is 3.86. The van der Waals surface area contributed by atoms with Crippen LogP contribution in [-0.4, -0.2) is 37.2 Å². The van der Waals surface area contributed by atoms with E-state index >= 15 is 0 Å². The molecule has 0 radical (unpaired) electrons. The summed E-state index contributed by atoms with van der Waals surface area (Å²) in [5.41, 5.74) is 0.889. The van der Waals surface area contributed by atoms with E-state index in [0.29, 0.717) is 6.04 Å². The lowest BCUT2D eigenvalue weighted by atomic mass is 10.2. The van der Waals surface area contributed by atoms with Gasteiger partial charge in [0.1, 0.15) is 0 Å². The van der Waals surface area contributed by atoms with Crippen LogP contribution in [0.3, 0.4) is 0 Å². The highest BCUT2D eigenvalue weighted by Crippen LogP contribution is 2.21. The second kappa shape index (κ2) is 4.63. The first kappa shape index (κ1) is 11.7. The van der Waals surface area contributed by atoms with Crippen molar-refractivity contribution in [2.45, 2.75) is 17.5 Å². The maximum Gasteiger partial charge on any atom is 0.192 e. The molecule has 1 aromatic rings. The number of nitrogens with one attached hydrogen (secondary N) is 1. The van der Waals surface area contributed by atoms with Crippen LogP contribution in [-0.2, 0) is 9.84 Å². The van der Waals surface area contributed by atoms with Crippen molar-refractivity contribution in [1.82, 2.24) is 4.98 Å². The Kier molecular flexibility index (Phi) is 3.39. The molecule has 0 bridgehead atoms. The van der Waals surface area contributed by atoms with Crippen LogP contribution < -0.4 is 5.32 Å². The summed E-state index contributed by atoms with van der Waals surface area (Å²) in [6.45, 7) is 0. The molecule has 88 valence electrons. The van der Waals surface area contributed by atoms with Gasteiger partial charge in [0.05, 0.1) is 11.9 Å². The number of rotatable bonds is 3. The van der Waals surface area contributed by atoms with Gasteiger partial charge in [-0.05, 0) is 24.3 Å². The van der Waals surface area contributed by atoms with E-state index in [9.17, 15) is 8.42 Å². The van der Waals surface area contributed by atoms with Gasteiger partial charge >= 0.3 is 0 Å². The van der Waals surface area contributed by atoms with Crippen molar-refractivity contribution >= 4 is 27.3 Å². The molecule has 0 spiro atoms. The van der Waals surface area contributed by atoms with Crippen molar-refractivity contribution in [3.63, 3.8) is 0 Å². The van der Waals surface area contributed by atoms with Gasteiger partial charge in [0.2, 0.25) is 0 Å². The third-order valence-corrected chi connectivity index (χ3v) is 4.58. The summed E-state index contributed by atoms with van der Waals surface area (Å²) in [6.07, 6.45) is 3.90. The van der Waals surface area contributed by atoms with E-state index < -0.39 is 9.84 Å². The van der Waals surface area contributed by atoms with Gasteiger partial charge in [0.15, 0.2) is 14.9 Å². The van der Waals surface area contributed by atoms with Crippen molar-refractivity contribution in [3.05, 3.63) is 18.3 Å². The average Bonchev–Trinajstić information content (AvgIpc) is 2.70. The standard InChI is InChI=1S/C10H14N2O2S2/c1-16(13,14)10-3-2-8(6-11-10)12-9-4-5-15-7-9/h2-3,6,9,12H,4-5,7H2,1H3. The van der Waals surface area contributed by atoms with Gasteiger partial charge in [-0.25, -0.2) is 13.4 Å². The number of aromatic nitrogens is 1. The minimum Gasteiger partial charge on any atom is -0.380 e. The van der Waals surface area contributed by atoms with Gasteiger partial charge < -0.3 is 5.32 Å². The van der Waals surface area contributed by atoms with Gasteiger partial charge in [0.25, 0.3) is 0 Å². The molecule has 1 saturated heterocycles. The lowest BCUT2D eigenvalue weighted by Crippen LogP contribution is -2.18. The molecule has 0 saturated carbocycles. The number of nitrogens with zero attached hydrogens (tertiary/aromatic N) is 1. The van der Waals surface area contributed by atoms with E-state index in [4.69, 9.17) is 0 Å². The summed E-state index contributed by atoms with van der Waals surface area (Å²) in [4.78, 5) is 3.93. The topological polar surface area (TPSA) is 59.1 Å². The first-order valence-electron chi connectivity index (χ1n) is 5.06. The number of sulfone groups is 1. The number of pyridine rings is 1. The zero-order valence-corrected chi connectivity index (χ0v) is 10.6. The third-order valence-electron chi connectivity index (χ3n) is 2.42. The van der Waals surface area contributed by atoms with Crippen molar-refractivity contribution in [1.29, 1.82) is 0 Å². The molecule has 0 amide bonds. The van der Waals surface area contributed by atoms with Crippen LogP contribution in [0.4, 0.5) is 5.69 Å². The van der Waals surface area contributed by atoms with Crippen LogP contribution in [0.25, 0.3) is 0 Å². The number of anilines is 1. The molecular weight excluding hydrogens is 244 g/mol. The Morgan fingerprint density at radius 1 is 1.50 bits per heavy atom. The monoisotopic (exact) mass is 258 g/mol. The lowest BCUT2D eigenvalue weighted by Gasteiger charge is -2.12. The Bertz CT molecular complexity index is 450. The third kappa shape index (κ3) is 2.89. The van der Waals surface area contributed by atoms with Crippen LogP contribution in [0.15, 0.2) is 23.4 Å². The first-order chi connectivity index (χ1) is 7.55. The highest BCUT2D eigenvalue weighted by Gasteiger charge is 2.15. The minimum absolute atomic E-state index is 0.124. The van der Waals surface area contributed by atoms with Crippen molar-refractivity contribution in [2.24, 2.45) is 0 Å². The smallest absolute Gasteiger partial charge is 0.192 e. The van der Waals surface area contributed by atoms with E-state index in [1.807, 2.05) is 11.8 Å². The fourth-order valence-corrected chi connectivity index (χ4v) is 3.28. The maximum absolute atomic E-state index is 11.2. The van der Waals surface area contributed by atoms with Crippen molar-refractivity contribution < 1.29 is 8.42 Å². The highest BCUT2D eigenvalue weighted by atomic mass is 32.2. The highest BCUT2D eigenvalue weighted by molar-refractivity contribution is 7.99. The Hall–Kier alpha value is -0.750. The molecule has 1 atom stereocenters. The Morgan fingerprint density at radius 2 is 2.31 bits per heavy atom. The summed E-state index contributed by atoms with van der Waals surface area (Å²) in [7, 11) is -3.19. The lowest BCUT2D eigenvalue weighted by molar-refractivity contribution is 0.598. The number of hydrogen-bond acceptors (Lipinski definition) is 5. The molecule has 2 rings (SSSR count). The Morgan fingerprint density at radius 3 is 2.81 bits per heavy atom. The summed E-state index contributed by atoms with van der Waals surface area (Å²) >= 11 is 1.93. The molecule has 16 heavy (non-hydrogen) atoms. The largest absolute Gasteiger partial charge is 0.380 e. The normalized spacial score (nSPS) is 20.9. The second-order valence-corrected chi connectivity index (χ2v) is 6.97. The molecule has 1 unspecified atom stereocenters. The predicted molar refractivity (Wildman–Crippen MR) is 66.7 cm³/mol. The minimum atomic E-state index is -3.19. The first-order valence-corrected chi connectivity index (χ1v) is 8.11. The summed E-state index contributed by atoms with van der Waals surface area (Å²) in [5.74, 6) is 2.29. The van der Waals surface area contributed by atoms with Crippen molar-refractivity contribution in [2.75, 3.05) is 23.1 Å². The van der Waals surface area contributed by atoms with Crippen LogP contribution in [0, 0.1) is 0 Å². The van der Waals surface area contributed by atoms with E-state index in [1.165, 1.54) is 5.75 Å². The SMILES string of the molecule is CS(=O)(=O)c1ccc(NC2CCSC2)cn1. The molecule has 1 fully saturated rings. The zero-order chi connectivity index (χ0) is 11.6. The van der Waals surface area contributed by atoms with Crippen molar-refractivity contribution in [3.8, 4) is 0 Å². The van der Waals surface area contributed by atoms with Crippen LogP contribution in [0.2, 0.25) is 0 Å². The van der Waals surface area contributed by atoms with E-state index in [1.54, 1.807) is 18.3 Å². The fourth-order valence-electron chi connectivity index (χ4n) is 1.57. The van der Waals surface area contributed by atoms with Crippen LogP contribution >= 0.6 is 11.8 Å². The summed E-state index contributed by atoms with van der Waals surface area (Å²) in [6, 6.07) is 3.79. The Labute approximate surface area is 99.8 Å². The maximum atomic E-state index is 11.2. The molecule has 1 aliphatic rings. The number of thioether (sulfide) groups is 1. The molecule has 0 aliphatic carbocycles. The summed E-state index contributed by atoms with van der Waals surface area (Å²) in [5, 5.41) is 3.47. The molecule has 4 nitrogen and oxygen atoms in total.